The first-order chi connectivity index (χ1) is 23.4. The van der Waals surface area contributed by atoms with E-state index in [1.54, 1.807) is 9.47 Å². The number of hydrogen-bond acceptors (Lipinski definition) is 7. The fraction of sp³-hybridized carbons (Fsp3) is 0.559. The van der Waals surface area contributed by atoms with E-state index < -0.39 is 29.8 Å². The van der Waals surface area contributed by atoms with E-state index >= 15 is 0 Å². The van der Waals surface area contributed by atoms with E-state index in [1.165, 1.54) is 18.0 Å². The lowest BCUT2D eigenvalue weighted by atomic mass is 10.0. The summed E-state index contributed by atoms with van der Waals surface area (Å²) in [6.07, 6.45) is -3.95. The molecule has 0 saturated carbocycles. The van der Waals surface area contributed by atoms with E-state index in [-0.39, 0.29) is 47.5 Å². The molecular formula is C34H43ClF3N7O4. The Morgan fingerprint density at radius 2 is 1.61 bits per heavy atom. The molecule has 0 unspecified atom stereocenters. The number of fused-ring (bicyclic) bond motifs is 1. The minimum Gasteiger partial charge on any atom is -0.436 e. The summed E-state index contributed by atoms with van der Waals surface area (Å²) in [5.41, 5.74) is 0.210. The molecule has 3 saturated heterocycles. The van der Waals surface area contributed by atoms with Crippen LogP contribution in [0.5, 0.6) is 0 Å². The third-order valence-corrected chi connectivity index (χ3v) is 10.5. The highest BCUT2D eigenvalue weighted by atomic mass is 35.5. The Hall–Kier alpha value is -3.75. The number of amides is 2. The molecule has 4 heterocycles. The molecule has 6 rings (SSSR count). The smallest absolute Gasteiger partial charge is 0.418 e. The van der Waals surface area contributed by atoms with Crippen molar-refractivity contribution in [2.75, 3.05) is 71.8 Å². The Morgan fingerprint density at radius 3 is 2.27 bits per heavy atom. The summed E-state index contributed by atoms with van der Waals surface area (Å²) in [6.45, 7) is 4.80. The lowest BCUT2D eigenvalue weighted by molar-refractivity contribution is -0.143. The molecule has 266 valence electrons. The summed E-state index contributed by atoms with van der Waals surface area (Å²) in [5.74, 6) is -0.445. The number of hydrogen-bond donors (Lipinski definition) is 2. The van der Waals surface area contributed by atoms with Crippen molar-refractivity contribution in [3.8, 4) is 0 Å². The highest BCUT2D eigenvalue weighted by Gasteiger charge is 2.38. The zero-order valence-corrected chi connectivity index (χ0v) is 28.5. The average molecular weight is 706 g/mol. The third kappa shape index (κ3) is 7.71. The number of halogens is 4. The van der Waals surface area contributed by atoms with Crippen LogP contribution < -0.4 is 11.0 Å². The van der Waals surface area contributed by atoms with Crippen LogP contribution in [-0.2, 0) is 22.1 Å². The van der Waals surface area contributed by atoms with E-state index in [4.69, 9.17) is 16.3 Å². The fourth-order valence-electron chi connectivity index (χ4n) is 7.46. The number of ether oxygens (including phenoxy) is 1. The van der Waals surface area contributed by atoms with E-state index in [0.717, 1.165) is 43.0 Å². The zero-order chi connectivity index (χ0) is 34.9. The van der Waals surface area contributed by atoms with Crippen LogP contribution in [0.3, 0.4) is 0 Å². The number of imidazole rings is 1. The van der Waals surface area contributed by atoms with Gasteiger partial charge in [-0.05, 0) is 75.6 Å². The molecular weight excluding hydrogens is 663 g/mol. The molecule has 0 bridgehead atoms. The van der Waals surface area contributed by atoms with Gasteiger partial charge in [0.05, 0.1) is 27.3 Å². The number of alkyl halides is 3. The Labute approximate surface area is 287 Å². The van der Waals surface area contributed by atoms with Crippen LogP contribution in [0.15, 0.2) is 41.2 Å². The minimum atomic E-state index is -4.70. The number of likely N-dealkylation sites (tertiary alicyclic amines) is 2. The van der Waals surface area contributed by atoms with Crippen molar-refractivity contribution in [2.45, 2.75) is 56.5 Å². The van der Waals surface area contributed by atoms with Crippen LogP contribution in [0.4, 0.5) is 23.7 Å². The summed E-state index contributed by atoms with van der Waals surface area (Å²) < 4.78 is 49.6. The maximum Gasteiger partial charge on any atom is 0.418 e. The number of nitrogens with one attached hydrogen (secondary N) is 2. The average Bonchev–Trinajstić information content (AvgIpc) is 3.43. The molecule has 2 aromatic carbocycles. The molecule has 3 aliphatic rings. The number of para-hydroxylation sites is 2. The monoisotopic (exact) mass is 705 g/mol. The highest BCUT2D eigenvalue weighted by molar-refractivity contribution is 6.33. The minimum absolute atomic E-state index is 0.129. The summed E-state index contributed by atoms with van der Waals surface area (Å²) >= 11 is 6.27. The molecule has 11 nitrogen and oxygen atoms in total. The van der Waals surface area contributed by atoms with Crippen molar-refractivity contribution < 1.29 is 27.5 Å². The normalized spacial score (nSPS) is 19.7. The van der Waals surface area contributed by atoms with Gasteiger partial charge in [0.2, 0.25) is 0 Å². The lowest BCUT2D eigenvalue weighted by Crippen LogP contribution is -2.56. The van der Waals surface area contributed by atoms with Crippen LogP contribution in [0.1, 0.15) is 42.9 Å². The molecule has 2 N–H and O–H groups in total. The second kappa shape index (κ2) is 14.6. The largest absolute Gasteiger partial charge is 0.436 e. The number of carbonyl (C=O) groups excluding carboxylic acids is 2. The van der Waals surface area contributed by atoms with Gasteiger partial charge in [0, 0.05) is 64.8 Å². The summed E-state index contributed by atoms with van der Waals surface area (Å²) in [5, 5.41) is 2.36. The number of rotatable bonds is 7. The van der Waals surface area contributed by atoms with Gasteiger partial charge in [0.15, 0.2) is 6.10 Å². The standard InChI is InChI=1S/C34H43ClF3N7O4/c1-39-30-25(34(36,37)38)19-22(20-26(30)35)21-29(31(46)43-17-15-42(16-18-43)23-7-11-41(2)12-8-23)49-33(48)44-13-9-24(10-14-44)45-28-6-4-3-5-27(28)40-32(45)47/h3-6,19-20,23-24,29,39H,7-18,21H2,1-2H3,(H,40,47)/t29-/m1/s1. The Bertz CT molecular complexity index is 1710. The maximum atomic E-state index is 14.0. The van der Waals surface area contributed by atoms with Crippen molar-refractivity contribution in [2.24, 2.45) is 0 Å². The number of piperidine rings is 2. The molecule has 1 atom stereocenters. The summed E-state index contributed by atoms with van der Waals surface area (Å²) in [4.78, 5) is 51.0. The van der Waals surface area contributed by atoms with Crippen molar-refractivity contribution in [3.05, 3.63) is 63.0 Å². The van der Waals surface area contributed by atoms with Crippen LogP contribution >= 0.6 is 11.6 Å². The predicted molar refractivity (Wildman–Crippen MR) is 181 cm³/mol. The molecule has 1 aromatic heterocycles. The number of H-pyrrole nitrogens is 1. The Kier molecular flexibility index (Phi) is 10.5. The van der Waals surface area contributed by atoms with E-state index in [9.17, 15) is 27.6 Å². The number of carbonyl (C=O) groups is 2. The molecule has 0 spiro atoms. The molecule has 3 aromatic rings. The SMILES string of the molecule is CNc1c(Cl)cc(C[C@@H](OC(=O)N2CCC(n3c(=O)[nH]c4ccccc43)CC2)C(=O)N2CCN(C3CCN(C)CC3)CC2)cc1C(F)(F)F. The molecule has 2 amide bonds. The third-order valence-electron chi connectivity index (χ3n) is 10.2. The quantitative estimate of drug-likeness (QED) is 0.368. The number of aromatic nitrogens is 2. The maximum absolute atomic E-state index is 14.0. The van der Waals surface area contributed by atoms with E-state index in [0.29, 0.717) is 45.1 Å². The van der Waals surface area contributed by atoms with Crippen LogP contribution in [-0.4, -0.2) is 120 Å². The van der Waals surface area contributed by atoms with Gasteiger partial charge in [-0.3, -0.25) is 14.3 Å². The second-order valence-electron chi connectivity index (χ2n) is 13.3. The van der Waals surface area contributed by atoms with Crippen LogP contribution in [0.2, 0.25) is 5.02 Å². The molecule has 0 aliphatic carbocycles. The van der Waals surface area contributed by atoms with Gasteiger partial charge in [-0.15, -0.1) is 0 Å². The van der Waals surface area contributed by atoms with Gasteiger partial charge < -0.3 is 29.7 Å². The van der Waals surface area contributed by atoms with Gasteiger partial charge in [0.25, 0.3) is 5.91 Å². The van der Waals surface area contributed by atoms with Crippen molar-refractivity contribution in [1.29, 1.82) is 0 Å². The van der Waals surface area contributed by atoms with Gasteiger partial charge in [0.1, 0.15) is 0 Å². The van der Waals surface area contributed by atoms with Crippen molar-refractivity contribution in [1.82, 2.24) is 29.2 Å². The first-order valence-corrected chi connectivity index (χ1v) is 17.2. The molecule has 49 heavy (non-hydrogen) atoms. The van der Waals surface area contributed by atoms with Crippen LogP contribution in [0, 0.1) is 0 Å². The fourth-order valence-corrected chi connectivity index (χ4v) is 7.80. The predicted octanol–water partition coefficient (Wildman–Crippen LogP) is 4.67. The second-order valence-corrected chi connectivity index (χ2v) is 13.7. The van der Waals surface area contributed by atoms with Crippen molar-refractivity contribution in [3.63, 3.8) is 0 Å². The molecule has 15 heteroatoms. The lowest BCUT2D eigenvalue weighted by Gasteiger charge is -2.42. The Balaban J connectivity index is 1.17. The molecule has 0 radical (unpaired) electrons. The zero-order valence-electron chi connectivity index (χ0n) is 27.8. The summed E-state index contributed by atoms with van der Waals surface area (Å²) in [7, 11) is 3.46. The topological polar surface area (TPSA) is 106 Å². The number of benzene rings is 2. The van der Waals surface area contributed by atoms with Gasteiger partial charge >= 0.3 is 18.0 Å². The first-order valence-electron chi connectivity index (χ1n) is 16.9. The number of anilines is 1. The van der Waals surface area contributed by atoms with Gasteiger partial charge in [-0.25, -0.2) is 9.59 Å². The van der Waals surface area contributed by atoms with E-state index in [2.05, 4.69) is 27.1 Å². The molecule has 3 aliphatic heterocycles. The number of aromatic amines is 1. The van der Waals surface area contributed by atoms with E-state index in [1.807, 2.05) is 24.3 Å². The van der Waals surface area contributed by atoms with Crippen molar-refractivity contribution >= 4 is 40.3 Å². The summed E-state index contributed by atoms with van der Waals surface area (Å²) in [6, 6.07) is 10.1. The number of piperazine rings is 1. The van der Waals surface area contributed by atoms with Gasteiger partial charge in [-0.1, -0.05) is 23.7 Å². The molecule has 3 fully saturated rings. The van der Waals surface area contributed by atoms with Crippen LogP contribution in [0.25, 0.3) is 11.0 Å². The van der Waals surface area contributed by atoms with Gasteiger partial charge in [-0.2, -0.15) is 13.2 Å². The highest BCUT2D eigenvalue weighted by Crippen LogP contribution is 2.40. The number of nitrogens with zero attached hydrogens (tertiary/aromatic N) is 5. The first kappa shape index (κ1) is 35.1. The Morgan fingerprint density at radius 1 is 0.959 bits per heavy atom.